The van der Waals surface area contributed by atoms with Crippen molar-refractivity contribution in [3.63, 3.8) is 0 Å². The average molecular weight is 158 g/mol. The predicted octanol–water partition coefficient (Wildman–Crippen LogP) is 1.76. The third kappa shape index (κ3) is 2.09. The molecule has 0 nitrogen and oxygen atoms in total. The lowest BCUT2D eigenvalue weighted by Crippen LogP contribution is -2.22. The Morgan fingerprint density at radius 2 is 2.08 bits per heavy atom. The third-order valence-corrected chi connectivity index (χ3v) is 1.77. The minimum absolute atomic E-state index is 1.09. The fourth-order valence-corrected chi connectivity index (χ4v) is 1.10. The minimum Gasteiger partial charge on any atom is -0.0912 e. The van der Waals surface area contributed by atoms with Gasteiger partial charge in [0, 0.05) is 0 Å². The first-order chi connectivity index (χ1) is 5.74. The topological polar surface area (TPSA) is 0 Å². The van der Waals surface area contributed by atoms with Crippen molar-refractivity contribution in [2.75, 3.05) is 0 Å². The fraction of sp³-hybridized carbons (Fsp3) is 0.167. The van der Waals surface area contributed by atoms with Gasteiger partial charge in [-0.25, -0.2) is 0 Å². The largest absolute Gasteiger partial charge is 0.0912 e. The van der Waals surface area contributed by atoms with Crippen molar-refractivity contribution in [1.82, 2.24) is 0 Å². The summed E-state index contributed by atoms with van der Waals surface area (Å²) in [6.45, 7) is 8.05. The van der Waals surface area contributed by atoms with Crippen LogP contribution in [0, 0.1) is 6.92 Å². The number of rotatable bonds is 1. The van der Waals surface area contributed by atoms with Gasteiger partial charge in [-0.05, 0) is 24.3 Å². The molecule has 0 atom stereocenters. The van der Waals surface area contributed by atoms with Crippen molar-refractivity contribution in [3.05, 3.63) is 46.4 Å². The molecule has 0 aliphatic rings. The van der Waals surface area contributed by atoms with Gasteiger partial charge in [-0.15, -0.1) is 0 Å². The molecule has 0 N–H and O–H groups in total. The zero-order valence-electron chi connectivity index (χ0n) is 7.67. The van der Waals surface area contributed by atoms with Crippen LogP contribution in [0.3, 0.4) is 0 Å². The minimum atomic E-state index is 1.09. The van der Waals surface area contributed by atoms with Gasteiger partial charge in [0.05, 0.1) is 0 Å². The van der Waals surface area contributed by atoms with E-state index in [2.05, 4.69) is 37.8 Å². The van der Waals surface area contributed by atoms with Crippen LogP contribution in [0.2, 0.25) is 0 Å². The van der Waals surface area contributed by atoms with Crippen molar-refractivity contribution in [2.24, 2.45) is 0 Å². The molecule has 1 aromatic carbocycles. The molecule has 0 radical (unpaired) electrons. The van der Waals surface area contributed by atoms with E-state index in [4.69, 9.17) is 0 Å². The Morgan fingerprint density at radius 3 is 2.67 bits per heavy atom. The number of aryl methyl sites for hydroxylation is 1. The summed E-state index contributed by atoms with van der Waals surface area (Å²) in [4.78, 5) is 0. The highest BCUT2D eigenvalue weighted by molar-refractivity contribution is 5.38. The summed E-state index contributed by atoms with van der Waals surface area (Å²) in [7, 11) is 0. The van der Waals surface area contributed by atoms with E-state index in [9.17, 15) is 0 Å². The summed E-state index contributed by atoms with van der Waals surface area (Å²) >= 11 is 0. The van der Waals surface area contributed by atoms with Crippen LogP contribution in [0.5, 0.6) is 0 Å². The lowest BCUT2D eigenvalue weighted by molar-refractivity contribution is 1.41. The molecule has 0 saturated carbocycles. The Bertz CT molecular complexity index is 383. The van der Waals surface area contributed by atoms with Gasteiger partial charge < -0.3 is 0 Å². The zero-order chi connectivity index (χ0) is 8.97. The molecule has 0 saturated heterocycles. The summed E-state index contributed by atoms with van der Waals surface area (Å²) in [6.07, 6.45) is 6.11. The average Bonchev–Trinajstić information content (AvgIpc) is 2.03. The molecule has 0 fully saturated rings. The maximum Gasteiger partial charge on any atom is -0.0190 e. The van der Waals surface area contributed by atoms with E-state index >= 15 is 0 Å². The molecule has 0 heterocycles. The first kappa shape index (κ1) is 8.79. The van der Waals surface area contributed by atoms with Gasteiger partial charge in [-0.2, -0.15) is 0 Å². The summed E-state index contributed by atoms with van der Waals surface area (Å²) in [5, 5.41) is 2.28. The van der Waals surface area contributed by atoms with Crippen LogP contribution in [0.15, 0.2) is 30.4 Å². The first-order valence-electron chi connectivity index (χ1n) is 4.12. The van der Waals surface area contributed by atoms with E-state index in [0.29, 0.717) is 0 Å². The van der Waals surface area contributed by atoms with Crippen molar-refractivity contribution in [2.45, 2.75) is 13.8 Å². The summed E-state index contributed by atoms with van der Waals surface area (Å²) in [5.41, 5.74) is 1.26. The molecular formula is C12H14. The van der Waals surface area contributed by atoms with Gasteiger partial charge >= 0.3 is 0 Å². The van der Waals surface area contributed by atoms with Crippen molar-refractivity contribution < 1.29 is 0 Å². The van der Waals surface area contributed by atoms with Crippen molar-refractivity contribution in [3.8, 4) is 0 Å². The molecule has 12 heavy (non-hydrogen) atoms. The fourth-order valence-electron chi connectivity index (χ4n) is 1.10. The molecule has 0 bridgehead atoms. The molecule has 0 aliphatic heterocycles. The van der Waals surface area contributed by atoms with Crippen molar-refractivity contribution >= 4 is 12.7 Å². The molecule has 0 spiro atoms. The normalized spacial score (nSPS) is 12.7. The van der Waals surface area contributed by atoms with E-state index in [1.54, 1.807) is 0 Å². The Morgan fingerprint density at radius 1 is 1.33 bits per heavy atom. The summed E-state index contributed by atoms with van der Waals surface area (Å²) in [6, 6.07) is 6.29. The van der Waals surface area contributed by atoms with E-state index in [1.807, 2.05) is 19.1 Å². The first-order valence-corrected chi connectivity index (χ1v) is 4.12. The second-order valence-corrected chi connectivity index (χ2v) is 2.89. The molecule has 1 rings (SSSR count). The highest BCUT2D eigenvalue weighted by Gasteiger charge is 1.82. The Kier molecular flexibility index (Phi) is 2.87. The van der Waals surface area contributed by atoms with Crippen LogP contribution in [-0.4, -0.2) is 0 Å². The van der Waals surface area contributed by atoms with E-state index in [0.717, 1.165) is 5.22 Å². The van der Waals surface area contributed by atoms with Gasteiger partial charge in [0.2, 0.25) is 0 Å². The van der Waals surface area contributed by atoms with Crippen LogP contribution < -0.4 is 10.4 Å². The maximum absolute atomic E-state index is 3.97. The molecule has 0 amide bonds. The van der Waals surface area contributed by atoms with Gasteiger partial charge in [-0.3, -0.25) is 0 Å². The van der Waals surface area contributed by atoms with Gasteiger partial charge in [0.25, 0.3) is 0 Å². The van der Waals surface area contributed by atoms with Crippen LogP contribution in [0.25, 0.3) is 12.7 Å². The molecule has 1 aromatic rings. The quantitative estimate of drug-likeness (QED) is 0.584. The SMILES string of the molecule is C=c1cc(C)cc/c1=C/C=C\C. The summed E-state index contributed by atoms with van der Waals surface area (Å²) in [5.74, 6) is 0. The van der Waals surface area contributed by atoms with Gasteiger partial charge in [0.1, 0.15) is 0 Å². The Hall–Kier alpha value is -1.30. The highest BCUT2D eigenvalue weighted by atomic mass is 13.9. The molecule has 0 aromatic heterocycles. The molecule has 62 valence electrons. The molecular weight excluding hydrogens is 144 g/mol. The predicted molar refractivity (Wildman–Crippen MR) is 55.2 cm³/mol. The van der Waals surface area contributed by atoms with Crippen LogP contribution in [0.1, 0.15) is 12.5 Å². The van der Waals surface area contributed by atoms with Gasteiger partial charge in [-0.1, -0.05) is 48.6 Å². The smallest absolute Gasteiger partial charge is 0.0190 e. The van der Waals surface area contributed by atoms with E-state index < -0.39 is 0 Å². The van der Waals surface area contributed by atoms with Gasteiger partial charge in [0.15, 0.2) is 0 Å². The molecule has 0 aliphatic carbocycles. The van der Waals surface area contributed by atoms with E-state index in [-0.39, 0.29) is 0 Å². The second-order valence-electron chi connectivity index (χ2n) is 2.89. The highest BCUT2D eigenvalue weighted by Crippen LogP contribution is 1.85. The maximum atomic E-state index is 3.97. The number of hydrogen-bond acceptors (Lipinski definition) is 0. The lowest BCUT2D eigenvalue weighted by Gasteiger charge is -1.90. The Balaban J connectivity index is 3.28. The van der Waals surface area contributed by atoms with Crippen molar-refractivity contribution in [1.29, 1.82) is 0 Å². The molecule has 0 unspecified atom stereocenters. The monoisotopic (exact) mass is 158 g/mol. The lowest BCUT2D eigenvalue weighted by atomic mass is 10.2. The second kappa shape index (κ2) is 3.91. The molecule has 0 heteroatoms. The number of allylic oxidation sites excluding steroid dienone is 2. The summed E-state index contributed by atoms with van der Waals surface area (Å²) < 4.78 is 0. The zero-order valence-corrected chi connectivity index (χ0v) is 7.67. The third-order valence-electron chi connectivity index (χ3n) is 1.77. The van der Waals surface area contributed by atoms with Crippen LogP contribution in [0.4, 0.5) is 0 Å². The standard InChI is InChI=1S/C12H14/c1-4-5-6-12-8-7-10(2)9-11(12)3/h4-9H,3H2,1-2H3/b5-4-,12-6-. The number of hydrogen-bond donors (Lipinski definition) is 0. The van der Waals surface area contributed by atoms with Crippen LogP contribution >= 0.6 is 0 Å². The van der Waals surface area contributed by atoms with Crippen LogP contribution in [-0.2, 0) is 0 Å². The van der Waals surface area contributed by atoms with E-state index in [1.165, 1.54) is 10.8 Å². The Labute approximate surface area is 73.6 Å². The number of benzene rings is 1.